The fraction of sp³-hybridized carbons (Fsp3) is 0.385. The zero-order valence-electron chi connectivity index (χ0n) is 18.2. The van der Waals surface area contributed by atoms with Crippen molar-refractivity contribution in [3.8, 4) is 11.1 Å². The van der Waals surface area contributed by atoms with Crippen molar-refractivity contribution in [1.29, 1.82) is 0 Å². The highest BCUT2D eigenvalue weighted by Gasteiger charge is 2.34. The zero-order valence-corrected chi connectivity index (χ0v) is 18.2. The molecule has 0 unspecified atom stereocenters. The highest BCUT2D eigenvalue weighted by atomic mass is 16.3. The summed E-state index contributed by atoms with van der Waals surface area (Å²) in [7, 11) is 0. The molecule has 0 saturated heterocycles. The number of anilines is 2. The molecule has 1 aromatic heterocycles. The van der Waals surface area contributed by atoms with E-state index in [4.69, 9.17) is 0 Å². The van der Waals surface area contributed by atoms with Crippen LogP contribution in [0, 0.1) is 19.8 Å². The smallest absolute Gasteiger partial charge is 0.227 e. The van der Waals surface area contributed by atoms with E-state index in [-0.39, 0.29) is 0 Å². The maximum absolute atomic E-state index is 11.2. The van der Waals surface area contributed by atoms with E-state index in [1.165, 1.54) is 24.8 Å². The van der Waals surface area contributed by atoms with Gasteiger partial charge in [-0.05, 0) is 80.0 Å². The monoisotopic (exact) mass is 401 g/mol. The van der Waals surface area contributed by atoms with Crippen molar-refractivity contribution >= 4 is 11.6 Å². The average Bonchev–Trinajstić information content (AvgIpc) is 2.74. The lowest BCUT2D eigenvalue weighted by molar-refractivity contribution is -0.0215. The minimum absolute atomic E-state index is 0.348. The number of benzene rings is 2. The summed E-state index contributed by atoms with van der Waals surface area (Å²) in [6, 6.07) is 16.7. The predicted octanol–water partition coefficient (Wildman–Crippen LogP) is 6.29. The van der Waals surface area contributed by atoms with Crippen LogP contribution in [-0.4, -0.2) is 15.1 Å². The zero-order chi connectivity index (χ0) is 21.1. The maximum Gasteiger partial charge on any atom is 0.227 e. The molecule has 4 rings (SSSR count). The van der Waals surface area contributed by atoms with E-state index in [0.29, 0.717) is 11.9 Å². The summed E-state index contributed by atoms with van der Waals surface area (Å²) < 4.78 is 0. The predicted molar refractivity (Wildman–Crippen MR) is 123 cm³/mol. The molecule has 2 aromatic carbocycles. The topological polar surface area (TPSA) is 58.0 Å². The van der Waals surface area contributed by atoms with E-state index < -0.39 is 5.60 Å². The average molecular weight is 402 g/mol. The number of aliphatic hydroxyl groups is 1. The fourth-order valence-corrected chi connectivity index (χ4v) is 4.56. The molecule has 1 fully saturated rings. The molecule has 4 heteroatoms. The van der Waals surface area contributed by atoms with Gasteiger partial charge in [0.25, 0.3) is 0 Å². The van der Waals surface area contributed by atoms with Crippen LogP contribution in [0.3, 0.4) is 0 Å². The largest absolute Gasteiger partial charge is 0.385 e. The molecule has 3 aromatic rings. The van der Waals surface area contributed by atoms with Crippen molar-refractivity contribution in [2.75, 3.05) is 5.32 Å². The second-order valence-electron chi connectivity index (χ2n) is 8.79. The summed E-state index contributed by atoms with van der Waals surface area (Å²) >= 11 is 0. The van der Waals surface area contributed by atoms with Gasteiger partial charge in [-0.1, -0.05) is 49.6 Å². The lowest BCUT2D eigenvalue weighted by Crippen LogP contribution is -2.33. The van der Waals surface area contributed by atoms with Crippen LogP contribution in [0.1, 0.15) is 55.8 Å². The third-order valence-electron chi connectivity index (χ3n) is 6.33. The fourth-order valence-electron chi connectivity index (χ4n) is 4.56. The Bertz CT molecular complexity index is 1010. The van der Waals surface area contributed by atoms with Crippen LogP contribution in [0.2, 0.25) is 0 Å². The van der Waals surface area contributed by atoms with Gasteiger partial charge in [-0.2, -0.15) is 0 Å². The van der Waals surface area contributed by atoms with Crippen LogP contribution >= 0.6 is 0 Å². The number of hydrogen-bond acceptors (Lipinski definition) is 4. The van der Waals surface area contributed by atoms with Crippen molar-refractivity contribution in [3.05, 3.63) is 71.5 Å². The Balaban J connectivity index is 1.57. The van der Waals surface area contributed by atoms with Crippen LogP contribution in [0.4, 0.5) is 11.6 Å². The van der Waals surface area contributed by atoms with Crippen molar-refractivity contribution in [2.45, 2.75) is 58.5 Å². The third-order valence-corrected chi connectivity index (χ3v) is 6.33. The molecule has 0 radical (unpaired) electrons. The summed E-state index contributed by atoms with van der Waals surface area (Å²) in [5.74, 6) is 0.951. The van der Waals surface area contributed by atoms with Gasteiger partial charge in [-0.25, -0.2) is 9.97 Å². The Morgan fingerprint density at radius 2 is 1.67 bits per heavy atom. The summed E-state index contributed by atoms with van der Waals surface area (Å²) in [5.41, 5.74) is 5.58. The number of nitrogens with one attached hydrogen (secondary N) is 1. The van der Waals surface area contributed by atoms with Crippen LogP contribution < -0.4 is 5.32 Å². The summed E-state index contributed by atoms with van der Waals surface area (Å²) in [4.78, 5) is 8.73. The Kier molecular flexibility index (Phi) is 5.87. The number of aromatic nitrogens is 2. The van der Waals surface area contributed by atoms with E-state index in [0.717, 1.165) is 40.9 Å². The van der Waals surface area contributed by atoms with Crippen LogP contribution in [0.25, 0.3) is 11.1 Å². The SMILES string of the molecule is Cc1cc(Nc2nccc(C)n2)cc(-c2ccc([C@@](C)(O)C3CCCCC3)cc2)c1. The van der Waals surface area contributed by atoms with E-state index in [1.807, 2.05) is 19.9 Å². The minimum atomic E-state index is -0.763. The first-order chi connectivity index (χ1) is 14.4. The van der Waals surface area contributed by atoms with E-state index in [1.54, 1.807) is 6.20 Å². The quantitative estimate of drug-likeness (QED) is 0.527. The molecular formula is C26H31N3O. The number of nitrogens with zero attached hydrogens (tertiary/aromatic N) is 2. The highest BCUT2D eigenvalue weighted by Crippen LogP contribution is 2.39. The first-order valence-corrected chi connectivity index (χ1v) is 10.9. The molecule has 4 nitrogen and oxygen atoms in total. The first-order valence-electron chi connectivity index (χ1n) is 10.9. The normalized spacial score (nSPS) is 16.8. The Morgan fingerprint density at radius 1 is 0.933 bits per heavy atom. The molecule has 1 aliphatic carbocycles. The second kappa shape index (κ2) is 8.57. The number of rotatable bonds is 5. The molecule has 0 aliphatic heterocycles. The number of aryl methyl sites for hydroxylation is 2. The van der Waals surface area contributed by atoms with Gasteiger partial charge in [-0.3, -0.25) is 0 Å². The summed E-state index contributed by atoms with van der Waals surface area (Å²) in [6.45, 7) is 6.03. The Hall–Kier alpha value is -2.72. The van der Waals surface area contributed by atoms with Crippen molar-refractivity contribution in [3.63, 3.8) is 0 Å². The van der Waals surface area contributed by atoms with Gasteiger partial charge < -0.3 is 10.4 Å². The molecule has 0 spiro atoms. The van der Waals surface area contributed by atoms with Crippen LogP contribution in [0.15, 0.2) is 54.7 Å². The van der Waals surface area contributed by atoms with E-state index >= 15 is 0 Å². The molecule has 0 bridgehead atoms. The molecule has 1 heterocycles. The molecule has 1 atom stereocenters. The van der Waals surface area contributed by atoms with Gasteiger partial charge in [0, 0.05) is 17.6 Å². The maximum atomic E-state index is 11.2. The van der Waals surface area contributed by atoms with Gasteiger partial charge in [0.1, 0.15) is 0 Å². The van der Waals surface area contributed by atoms with Crippen LogP contribution in [0.5, 0.6) is 0 Å². The van der Waals surface area contributed by atoms with Gasteiger partial charge in [0.15, 0.2) is 0 Å². The molecule has 30 heavy (non-hydrogen) atoms. The molecule has 0 amide bonds. The van der Waals surface area contributed by atoms with Gasteiger partial charge >= 0.3 is 0 Å². The second-order valence-corrected chi connectivity index (χ2v) is 8.79. The Morgan fingerprint density at radius 3 is 2.37 bits per heavy atom. The summed E-state index contributed by atoms with van der Waals surface area (Å²) in [6.07, 6.45) is 7.73. The summed E-state index contributed by atoms with van der Waals surface area (Å²) in [5, 5.41) is 14.5. The third kappa shape index (κ3) is 4.54. The van der Waals surface area contributed by atoms with E-state index in [2.05, 4.69) is 64.7 Å². The Labute approximate surface area is 179 Å². The molecular weight excluding hydrogens is 370 g/mol. The molecule has 1 saturated carbocycles. The van der Waals surface area contributed by atoms with Crippen molar-refractivity contribution in [2.24, 2.45) is 5.92 Å². The van der Waals surface area contributed by atoms with Crippen LogP contribution in [-0.2, 0) is 5.60 Å². The standard InChI is InChI=1S/C26H31N3O/c1-18-15-21(17-24(16-18)29-25-27-14-13-19(2)28-25)20-9-11-23(12-10-20)26(3,30)22-7-5-4-6-8-22/h9-17,22,30H,4-8H2,1-3H3,(H,27,28,29)/t26-/m0/s1. The lowest BCUT2D eigenvalue weighted by atomic mass is 9.74. The van der Waals surface area contributed by atoms with Crippen molar-refractivity contribution < 1.29 is 5.11 Å². The minimum Gasteiger partial charge on any atom is -0.385 e. The lowest BCUT2D eigenvalue weighted by Gasteiger charge is -2.36. The van der Waals surface area contributed by atoms with Crippen molar-refractivity contribution in [1.82, 2.24) is 9.97 Å². The number of hydrogen-bond donors (Lipinski definition) is 2. The van der Waals surface area contributed by atoms with E-state index in [9.17, 15) is 5.11 Å². The highest BCUT2D eigenvalue weighted by molar-refractivity contribution is 5.71. The molecule has 156 valence electrons. The first kappa shape index (κ1) is 20.5. The van der Waals surface area contributed by atoms with Gasteiger partial charge in [0.05, 0.1) is 5.60 Å². The molecule has 2 N–H and O–H groups in total. The van der Waals surface area contributed by atoms with Gasteiger partial charge in [-0.15, -0.1) is 0 Å². The van der Waals surface area contributed by atoms with Gasteiger partial charge in [0.2, 0.25) is 5.95 Å². The molecule has 1 aliphatic rings.